The number of nitrogens with one attached hydrogen (secondary N) is 1. The maximum Gasteiger partial charge on any atom is 0.111 e. The van der Waals surface area contributed by atoms with Gasteiger partial charge in [0.15, 0.2) is 0 Å². The van der Waals surface area contributed by atoms with Crippen LogP contribution in [0.25, 0.3) is 11.3 Å². The maximum absolute atomic E-state index is 5.90. The van der Waals surface area contributed by atoms with E-state index in [0.717, 1.165) is 34.2 Å². The van der Waals surface area contributed by atoms with Gasteiger partial charge in [-0.05, 0) is 24.6 Å². The van der Waals surface area contributed by atoms with E-state index in [2.05, 4.69) is 24.0 Å². The second-order valence-electron chi connectivity index (χ2n) is 4.83. The molecule has 0 unspecified atom stereocenters. The minimum absolute atomic E-state index is 0.759. The Morgan fingerprint density at radius 2 is 1.70 bits per heavy atom. The van der Waals surface area contributed by atoms with E-state index in [0.29, 0.717) is 0 Å². The molecule has 0 saturated heterocycles. The van der Waals surface area contributed by atoms with E-state index < -0.39 is 0 Å². The zero-order valence-electron chi connectivity index (χ0n) is 11.2. The highest BCUT2D eigenvalue weighted by molar-refractivity contribution is 6.30. The van der Waals surface area contributed by atoms with Crippen molar-refractivity contribution < 1.29 is 0 Å². The molecule has 2 nitrogen and oxygen atoms in total. The highest BCUT2D eigenvalue weighted by Gasteiger charge is 2.09. The normalized spacial score (nSPS) is 10.7. The number of aromatic nitrogens is 2. The van der Waals surface area contributed by atoms with Gasteiger partial charge in [-0.1, -0.05) is 54.1 Å². The fourth-order valence-electron chi connectivity index (χ4n) is 2.28. The van der Waals surface area contributed by atoms with E-state index in [4.69, 9.17) is 16.6 Å². The number of imidazole rings is 1. The fourth-order valence-corrected chi connectivity index (χ4v) is 2.40. The van der Waals surface area contributed by atoms with Gasteiger partial charge in [0.2, 0.25) is 0 Å². The van der Waals surface area contributed by atoms with Crippen molar-refractivity contribution in [2.75, 3.05) is 0 Å². The van der Waals surface area contributed by atoms with Gasteiger partial charge in [-0.2, -0.15) is 0 Å². The topological polar surface area (TPSA) is 28.7 Å². The lowest BCUT2D eigenvalue weighted by Crippen LogP contribution is -1.90. The van der Waals surface area contributed by atoms with E-state index in [-0.39, 0.29) is 0 Å². The highest BCUT2D eigenvalue weighted by atomic mass is 35.5. The van der Waals surface area contributed by atoms with E-state index in [1.807, 2.05) is 42.5 Å². The van der Waals surface area contributed by atoms with Crippen LogP contribution in [0.15, 0.2) is 54.6 Å². The van der Waals surface area contributed by atoms with Gasteiger partial charge in [-0.25, -0.2) is 4.98 Å². The third kappa shape index (κ3) is 2.75. The molecule has 0 fully saturated rings. The van der Waals surface area contributed by atoms with Crippen LogP contribution in [0.2, 0.25) is 5.02 Å². The summed E-state index contributed by atoms with van der Waals surface area (Å²) < 4.78 is 0. The molecule has 0 saturated carbocycles. The summed E-state index contributed by atoms with van der Waals surface area (Å²) in [5.41, 5.74) is 4.46. The summed E-state index contributed by atoms with van der Waals surface area (Å²) in [6, 6.07) is 18.1. The lowest BCUT2D eigenvalue weighted by molar-refractivity contribution is 1.02. The number of nitrogens with zero attached hydrogens (tertiary/aromatic N) is 1. The summed E-state index contributed by atoms with van der Waals surface area (Å²) in [6.45, 7) is 2.06. The van der Waals surface area contributed by atoms with Gasteiger partial charge in [0.05, 0.1) is 5.69 Å². The molecule has 0 spiro atoms. The molecule has 0 aliphatic rings. The summed E-state index contributed by atoms with van der Waals surface area (Å²) in [5.74, 6) is 0.976. The number of aryl methyl sites for hydroxylation is 1. The predicted molar refractivity (Wildman–Crippen MR) is 83.0 cm³/mol. The zero-order valence-corrected chi connectivity index (χ0v) is 12.0. The van der Waals surface area contributed by atoms with Crippen LogP contribution < -0.4 is 0 Å². The molecule has 3 aromatic rings. The van der Waals surface area contributed by atoms with Crippen molar-refractivity contribution in [1.82, 2.24) is 9.97 Å². The number of hydrogen-bond donors (Lipinski definition) is 1. The maximum atomic E-state index is 5.90. The average Bonchev–Trinajstić information content (AvgIpc) is 2.83. The molecule has 0 atom stereocenters. The van der Waals surface area contributed by atoms with Gasteiger partial charge in [0.1, 0.15) is 5.82 Å². The fraction of sp³-hybridized carbons (Fsp3) is 0.118. The third-order valence-electron chi connectivity index (χ3n) is 3.27. The molecule has 0 bridgehead atoms. The minimum atomic E-state index is 0.759. The number of benzene rings is 2. The molecule has 0 aliphatic heterocycles. The quantitative estimate of drug-likeness (QED) is 0.745. The van der Waals surface area contributed by atoms with Crippen LogP contribution in [0.1, 0.15) is 17.1 Å². The smallest absolute Gasteiger partial charge is 0.111 e. The van der Waals surface area contributed by atoms with Gasteiger partial charge < -0.3 is 4.98 Å². The van der Waals surface area contributed by atoms with E-state index in [9.17, 15) is 0 Å². The summed E-state index contributed by atoms with van der Waals surface area (Å²) in [7, 11) is 0. The predicted octanol–water partition coefficient (Wildman–Crippen LogP) is 4.63. The van der Waals surface area contributed by atoms with Gasteiger partial charge in [-0.15, -0.1) is 0 Å². The van der Waals surface area contributed by atoms with Crippen molar-refractivity contribution in [3.8, 4) is 11.3 Å². The summed E-state index contributed by atoms with van der Waals surface area (Å²) >= 11 is 5.90. The van der Waals surface area contributed by atoms with Crippen LogP contribution in [0.3, 0.4) is 0 Å². The third-order valence-corrected chi connectivity index (χ3v) is 3.52. The number of aromatic amines is 1. The Hall–Kier alpha value is -2.06. The van der Waals surface area contributed by atoms with Crippen molar-refractivity contribution in [3.63, 3.8) is 0 Å². The number of rotatable bonds is 3. The molecule has 0 radical (unpaired) electrons. The van der Waals surface area contributed by atoms with Crippen LogP contribution in [0.4, 0.5) is 0 Å². The molecule has 20 heavy (non-hydrogen) atoms. The molecule has 100 valence electrons. The molecule has 3 heteroatoms. The Bertz CT molecular complexity index is 700. The van der Waals surface area contributed by atoms with Crippen molar-refractivity contribution >= 4 is 11.6 Å². The Kier molecular flexibility index (Phi) is 3.57. The second-order valence-corrected chi connectivity index (χ2v) is 5.26. The molecular weight excluding hydrogens is 268 g/mol. The molecular formula is C17H15ClN2. The van der Waals surface area contributed by atoms with Crippen LogP contribution >= 0.6 is 11.6 Å². The lowest BCUT2D eigenvalue weighted by Gasteiger charge is -1.98. The van der Waals surface area contributed by atoms with Gasteiger partial charge in [-0.3, -0.25) is 0 Å². The standard InChI is InChI=1S/C17H15ClN2/c1-12-17(14-5-3-2-4-6-14)20-16(19-12)11-13-7-9-15(18)10-8-13/h2-10H,11H2,1H3,(H,19,20). The number of hydrogen-bond acceptors (Lipinski definition) is 1. The van der Waals surface area contributed by atoms with Crippen molar-refractivity contribution in [1.29, 1.82) is 0 Å². The summed E-state index contributed by atoms with van der Waals surface area (Å²) in [5, 5.41) is 0.759. The van der Waals surface area contributed by atoms with Crippen LogP contribution in [-0.2, 0) is 6.42 Å². The number of halogens is 1. The van der Waals surface area contributed by atoms with Crippen molar-refractivity contribution in [3.05, 3.63) is 76.7 Å². The zero-order chi connectivity index (χ0) is 13.9. The Balaban J connectivity index is 1.87. The molecule has 3 rings (SSSR count). The highest BCUT2D eigenvalue weighted by Crippen LogP contribution is 2.22. The molecule has 2 aromatic carbocycles. The van der Waals surface area contributed by atoms with Gasteiger partial charge >= 0.3 is 0 Å². The van der Waals surface area contributed by atoms with E-state index >= 15 is 0 Å². The lowest BCUT2D eigenvalue weighted by atomic mass is 10.1. The largest absolute Gasteiger partial charge is 0.345 e. The Labute approximate surface area is 123 Å². The van der Waals surface area contributed by atoms with E-state index in [1.165, 1.54) is 5.56 Å². The van der Waals surface area contributed by atoms with Crippen LogP contribution in [-0.4, -0.2) is 9.97 Å². The van der Waals surface area contributed by atoms with Crippen LogP contribution in [0.5, 0.6) is 0 Å². The average molecular weight is 283 g/mol. The minimum Gasteiger partial charge on any atom is -0.345 e. The first kappa shape index (κ1) is 12.9. The molecule has 0 aliphatic carbocycles. The summed E-state index contributed by atoms with van der Waals surface area (Å²) in [4.78, 5) is 8.07. The number of H-pyrrole nitrogens is 1. The van der Waals surface area contributed by atoms with Crippen LogP contribution in [0, 0.1) is 6.92 Å². The Morgan fingerprint density at radius 1 is 1.00 bits per heavy atom. The SMILES string of the molecule is Cc1[nH]c(Cc2ccc(Cl)cc2)nc1-c1ccccc1. The monoisotopic (exact) mass is 282 g/mol. The molecule has 1 aromatic heterocycles. The first-order valence-electron chi connectivity index (χ1n) is 6.58. The molecule has 1 heterocycles. The molecule has 1 N–H and O–H groups in total. The summed E-state index contributed by atoms with van der Waals surface area (Å²) in [6.07, 6.45) is 0.783. The Morgan fingerprint density at radius 3 is 2.40 bits per heavy atom. The first-order valence-corrected chi connectivity index (χ1v) is 6.95. The molecule has 0 amide bonds. The first-order chi connectivity index (χ1) is 9.72. The van der Waals surface area contributed by atoms with Crippen molar-refractivity contribution in [2.24, 2.45) is 0 Å². The van der Waals surface area contributed by atoms with E-state index in [1.54, 1.807) is 0 Å². The van der Waals surface area contributed by atoms with Gasteiger partial charge in [0.25, 0.3) is 0 Å². The van der Waals surface area contributed by atoms with Crippen molar-refractivity contribution in [2.45, 2.75) is 13.3 Å². The van der Waals surface area contributed by atoms with Gasteiger partial charge in [0, 0.05) is 22.7 Å². The second kappa shape index (κ2) is 5.51.